The van der Waals surface area contributed by atoms with Gasteiger partial charge in [-0.15, -0.1) is 0 Å². The SMILES string of the molecule is CN(Cc1cccc(Br)c1)C(=O)Cn1cc(N)cn1. The molecule has 100 valence electrons. The van der Waals surface area contributed by atoms with E-state index in [9.17, 15) is 4.79 Å². The van der Waals surface area contributed by atoms with Crippen molar-refractivity contribution < 1.29 is 4.79 Å². The van der Waals surface area contributed by atoms with Crippen molar-refractivity contribution in [2.24, 2.45) is 0 Å². The topological polar surface area (TPSA) is 64.2 Å². The number of hydrogen-bond acceptors (Lipinski definition) is 3. The second-order valence-corrected chi connectivity index (χ2v) is 5.27. The Hall–Kier alpha value is -1.82. The number of carbonyl (C=O) groups excluding carboxylic acids is 1. The van der Waals surface area contributed by atoms with Gasteiger partial charge in [0, 0.05) is 24.3 Å². The molecule has 1 amide bonds. The second-order valence-electron chi connectivity index (χ2n) is 4.35. The Balaban J connectivity index is 1.96. The molecule has 6 heteroatoms. The first kappa shape index (κ1) is 13.6. The van der Waals surface area contributed by atoms with Crippen molar-refractivity contribution in [3.63, 3.8) is 0 Å². The highest BCUT2D eigenvalue weighted by Crippen LogP contribution is 2.13. The number of hydrogen-bond donors (Lipinski definition) is 1. The minimum atomic E-state index is -0.0110. The number of rotatable bonds is 4. The van der Waals surface area contributed by atoms with Crippen LogP contribution in [-0.4, -0.2) is 27.6 Å². The average molecular weight is 323 g/mol. The Morgan fingerprint density at radius 2 is 2.32 bits per heavy atom. The number of nitrogens with two attached hydrogens (primary N) is 1. The van der Waals surface area contributed by atoms with Crippen LogP contribution < -0.4 is 5.73 Å². The third kappa shape index (κ3) is 3.82. The van der Waals surface area contributed by atoms with E-state index < -0.39 is 0 Å². The molecule has 0 atom stereocenters. The van der Waals surface area contributed by atoms with Crippen LogP contribution in [0.25, 0.3) is 0 Å². The summed E-state index contributed by atoms with van der Waals surface area (Å²) in [6.07, 6.45) is 3.17. The van der Waals surface area contributed by atoms with Crippen molar-refractivity contribution in [1.82, 2.24) is 14.7 Å². The van der Waals surface area contributed by atoms with Crippen LogP contribution in [0.2, 0.25) is 0 Å². The van der Waals surface area contributed by atoms with E-state index in [2.05, 4.69) is 21.0 Å². The fraction of sp³-hybridized carbons (Fsp3) is 0.231. The summed E-state index contributed by atoms with van der Waals surface area (Å²) in [5.74, 6) is -0.0110. The molecule has 19 heavy (non-hydrogen) atoms. The monoisotopic (exact) mass is 322 g/mol. The molecular weight excluding hydrogens is 308 g/mol. The van der Waals surface area contributed by atoms with Crippen molar-refractivity contribution in [2.75, 3.05) is 12.8 Å². The molecule has 1 heterocycles. The summed E-state index contributed by atoms with van der Waals surface area (Å²) in [5.41, 5.74) is 7.19. The van der Waals surface area contributed by atoms with Gasteiger partial charge in [0.1, 0.15) is 6.54 Å². The molecule has 0 aliphatic rings. The van der Waals surface area contributed by atoms with E-state index in [1.54, 1.807) is 18.1 Å². The Kier molecular flexibility index (Phi) is 4.21. The van der Waals surface area contributed by atoms with E-state index in [1.807, 2.05) is 24.3 Å². The fourth-order valence-corrected chi connectivity index (χ4v) is 2.17. The summed E-state index contributed by atoms with van der Waals surface area (Å²) in [7, 11) is 1.77. The Bertz CT molecular complexity index is 582. The largest absolute Gasteiger partial charge is 0.396 e. The molecule has 0 spiro atoms. The van der Waals surface area contributed by atoms with Gasteiger partial charge in [-0.25, -0.2) is 0 Å². The predicted octanol–water partition coefficient (Wildman–Crippen LogP) is 1.89. The normalized spacial score (nSPS) is 10.4. The van der Waals surface area contributed by atoms with Crippen LogP contribution in [0.15, 0.2) is 41.1 Å². The quantitative estimate of drug-likeness (QED) is 0.934. The molecule has 0 saturated carbocycles. The maximum Gasteiger partial charge on any atom is 0.244 e. The van der Waals surface area contributed by atoms with E-state index in [1.165, 1.54) is 10.9 Å². The van der Waals surface area contributed by atoms with Gasteiger partial charge in [-0.3, -0.25) is 9.48 Å². The van der Waals surface area contributed by atoms with Crippen molar-refractivity contribution in [2.45, 2.75) is 13.1 Å². The zero-order valence-corrected chi connectivity index (χ0v) is 12.2. The van der Waals surface area contributed by atoms with Crippen LogP contribution in [-0.2, 0) is 17.9 Å². The molecule has 0 unspecified atom stereocenters. The molecular formula is C13H15BrN4O. The molecule has 1 aromatic heterocycles. The Labute approximate surface area is 120 Å². The predicted molar refractivity (Wildman–Crippen MR) is 77.3 cm³/mol. The smallest absolute Gasteiger partial charge is 0.244 e. The van der Waals surface area contributed by atoms with Crippen molar-refractivity contribution in [3.8, 4) is 0 Å². The summed E-state index contributed by atoms with van der Waals surface area (Å²) in [5, 5.41) is 4.00. The van der Waals surface area contributed by atoms with Gasteiger partial charge >= 0.3 is 0 Å². The molecule has 0 aliphatic heterocycles. The lowest BCUT2D eigenvalue weighted by atomic mass is 10.2. The van der Waals surface area contributed by atoms with Gasteiger partial charge in [0.05, 0.1) is 11.9 Å². The number of amides is 1. The van der Waals surface area contributed by atoms with Gasteiger partial charge in [0.15, 0.2) is 0 Å². The number of aromatic nitrogens is 2. The van der Waals surface area contributed by atoms with E-state index in [0.717, 1.165) is 10.0 Å². The molecule has 2 rings (SSSR count). The van der Waals surface area contributed by atoms with Crippen LogP contribution in [0.4, 0.5) is 5.69 Å². The minimum absolute atomic E-state index is 0.0110. The van der Waals surface area contributed by atoms with Gasteiger partial charge in [-0.05, 0) is 17.7 Å². The summed E-state index contributed by atoms with van der Waals surface area (Å²) in [6.45, 7) is 0.761. The van der Waals surface area contributed by atoms with Gasteiger partial charge in [0.25, 0.3) is 0 Å². The first-order valence-corrected chi connectivity index (χ1v) is 6.60. The van der Waals surface area contributed by atoms with Crippen molar-refractivity contribution in [3.05, 3.63) is 46.7 Å². The molecule has 2 N–H and O–H groups in total. The Morgan fingerprint density at radius 3 is 2.95 bits per heavy atom. The zero-order chi connectivity index (χ0) is 13.8. The fourth-order valence-electron chi connectivity index (χ4n) is 1.72. The van der Waals surface area contributed by atoms with Crippen LogP contribution in [0.5, 0.6) is 0 Å². The number of halogens is 1. The van der Waals surface area contributed by atoms with E-state index in [0.29, 0.717) is 12.2 Å². The highest BCUT2D eigenvalue weighted by Gasteiger charge is 2.10. The number of benzene rings is 1. The van der Waals surface area contributed by atoms with Gasteiger partial charge < -0.3 is 10.6 Å². The number of nitrogen functional groups attached to an aromatic ring is 1. The van der Waals surface area contributed by atoms with E-state index in [4.69, 9.17) is 5.73 Å². The molecule has 0 fully saturated rings. The molecule has 0 saturated heterocycles. The summed E-state index contributed by atoms with van der Waals surface area (Å²) in [6, 6.07) is 7.89. The zero-order valence-electron chi connectivity index (χ0n) is 10.6. The Morgan fingerprint density at radius 1 is 1.53 bits per heavy atom. The number of anilines is 1. The van der Waals surface area contributed by atoms with Gasteiger partial charge in [0.2, 0.25) is 5.91 Å². The summed E-state index contributed by atoms with van der Waals surface area (Å²) >= 11 is 3.41. The maximum absolute atomic E-state index is 12.0. The summed E-state index contributed by atoms with van der Waals surface area (Å²) in [4.78, 5) is 13.7. The third-order valence-corrected chi connectivity index (χ3v) is 3.18. The molecule has 5 nitrogen and oxygen atoms in total. The average Bonchev–Trinajstić information content (AvgIpc) is 2.74. The van der Waals surface area contributed by atoms with Gasteiger partial charge in [-0.1, -0.05) is 28.1 Å². The molecule has 0 bridgehead atoms. The van der Waals surface area contributed by atoms with Crippen LogP contribution >= 0.6 is 15.9 Å². The van der Waals surface area contributed by atoms with E-state index >= 15 is 0 Å². The third-order valence-electron chi connectivity index (χ3n) is 2.69. The lowest BCUT2D eigenvalue weighted by molar-refractivity contribution is -0.131. The van der Waals surface area contributed by atoms with Crippen molar-refractivity contribution in [1.29, 1.82) is 0 Å². The molecule has 0 radical (unpaired) electrons. The highest BCUT2D eigenvalue weighted by atomic mass is 79.9. The number of carbonyl (C=O) groups is 1. The maximum atomic E-state index is 12.0. The first-order chi connectivity index (χ1) is 9.04. The van der Waals surface area contributed by atoms with Crippen LogP contribution in [0.3, 0.4) is 0 Å². The second kappa shape index (κ2) is 5.88. The standard InChI is InChI=1S/C13H15BrN4O/c1-17(7-10-3-2-4-11(14)5-10)13(19)9-18-8-12(15)6-16-18/h2-6,8H,7,9,15H2,1H3. The van der Waals surface area contributed by atoms with E-state index in [-0.39, 0.29) is 12.5 Å². The lowest BCUT2D eigenvalue weighted by Gasteiger charge is -2.17. The summed E-state index contributed by atoms with van der Waals surface area (Å²) < 4.78 is 2.54. The molecule has 2 aromatic rings. The highest BCUT2D eigenvalue weighted by molar-refractivity contribution is 9.10. The molecule has 1 aromatic carbocycles. The van der Waals surface area contributed by atoms with Gasteiger partial charge in [-0.2, -0.15) is 5.10 Å². The molecule has 0 aliphatic carbocycles. The minimum Gasteiger partial charge on any atom is -0.396 e. The van der Waals surface area contributed by atoms with Crippen molar-refractivity contribution >= 4 is 27.5 Å². The van der Waals surface area contributed by atoms with Crippen LogP contribution in [0, 0.1) is 0 Å². The number of nitrogens with zero attached hydrogens (tertiary/aromatic N) is 3. The lowest BCUT2D eigenvalue weighted by Crippen LogP contribution is -2.29. The first-order valence-electron chi connectivity index (χ1n) is 5.81. The number of likely N-dealkylation sites (N-methyl/N-ethyl adjacent to an activating group) is 1. The van der Waals surface area contributed by atoms with Crippen LogP contribution in [0.1, 0.15) is 5.56 Å².